The van der Waals surface area contributed by atoms with Gasteiger partial charge in [0.15, 0.2) is 0 Å². The molecule has 4 nitrogen and oxygen atoms in total. The molecule has 0 atom stereocenters. The summed E-state index contributed by atoms with van der Waals surface area (Å²) in [6.07, 6.45) is 5.31. The third-order valence-electron chi connectivity index (χ3n) is 2.46. The molecule has 0 saturated heterocycles. The van der Waals surface area contributed by atoms with Gasteiger partial charge in [-0.1, -0.05) is 6.07 Å². The highest BCUT2D eigenvalue weighted by molar-refractivity contribution is 6.51. The molecule has 0 fully saturated rings. The van der Waals surface area contributed by atoms with Crippen molar-refractivity contribution in [2.45, 2.75) is 0 Å². The minimum atomic E-state index is -0.501. The van der Waals surface area contributed by atoms with Gasteiger partial charge in [0.05, 0.1) is 11.0 Å². The highest BCUT2D eigenvalue weighted by atomic mass is 16.1. The molecule has 72 valence electrons. The zero-order chi connectivity index (χ0) is 10.4. The molecular formula is C11H7N3O. The minimum absolute atomic E-state index is 0.304. The van der Waals surface area contributed by atoms with E-state index < -0.39 is 5.91 Å². The molecule has 4 heteroatoms. The maximum atomic E-state index is 11.0. The van der Waals surface area contributed by atoms with Crippen LogP contribution in [0, 0.1) is 0 Å². The zero-order valence-electron chi connectivity index (χ0n) is 7.77. The standard InChI is InChI=1S/C11H7N3O/c12-11(15)9-5-6-1-2-8-7(3-4-13-8)10(6)14-9/h1-5H,(H2,12,15). The Labute approximate surface area is 85.2 Å². The van der Waals surface area contributed by atoms with Crippen molar-refractivity contribution in [1.82, 2.24) is 0 Å². The third-order valence-corrected chi connectivity index (χ3v) is 2.46. The van der Waals surface area contributed by atoms with E-state index >= 15 is 0 Å². The fourth-order valence-electron chi connectivity index (χ4n) is 1.75. The molecule has 1 aromatic rings. The van der Waals surface area contributed by atoms with Crippen LogP contribution in [0.5, 0.6) is 0 Å². The molecule has 2 N–H and O–H groups in total. The third kappa shape index (κ3) is 1.05. The van der Waals surface area contributed by atoms with Crippen molar-refractivity contribution in [3.63, 3.8) is 0 Å². The maximum absolute atomic E-state index is 11.0. The summed E-state index contributed by atoms with van der Waals surface area (Å²) < 4.78 is 0. The molecule has 3 rings (SSSR count). The van der Waals surface area contributed by atoms with E-state index in [1.807, 2.05) is 18.2 Å². The number of nitrogens with two attached hydrogens (primary N) is 1. The Bertz CT molecular complexity index is 653. The van der Waals surface area contributed by atoms with Crippen molar-refractivity contribution in [3.8, 4) is 0 Å². The van der Waals surface area contributed by atoms with E-state index in [0.29, 0.717) is 5.71 Å². The molecule has 0 aliphatic carbocycles. The van der Waals surface area contributed by atoms with Gasteiger partial charge < -0.3 is 5.73 Å². The molecule has 1 aromatic carbocycles. The molecule has 2 aliphatic heterocycles. The predicted molar refractivity (Wildman–Crippen MR) is 57.0 cm³/mol. The molecule has 0 saturated carbocycles. The van der Waals surface area contributed by atoms with Gasteiger partial charge in [-0.3, -0.25) is 9.79 Å². The highest BCUT2D eigenvalue weighted by Gasteiger charge is 2.15. The average Bonchev–Trinajstić information content (AvgIpc) is 2.82. The van der Waals surface area contributed by atoms with Crippen molar-refractivity contribution in [2.75, 3.05) is 0 Å². The first-order valence-electron chi connectivity index (χ1n) is 4.53. The van der Waals surface area contributed by atoms with Crippen LogP contribution >= 0.6 is 0 Å². The van der Waals surface area contributed by atoms with E-state index in [1.54, 1.807) is 12.3 Å². The lowest BCUT2D eigenvalue weighted by Crippen LogP contribution is -2.20. The van der Waals surface area contributed by atoms with E-state index in [9.17, 15) is 4.79 Å². The first-order chi connectivity index (χ1) is 7.25. The Hall–Kier alpha value is -2.23. The Morgan fingerprint density at radius 1 is 1.33 bits per heavy atom. The van der Waals surface area contributed by atoms with Gasteiger partial charge in [0.2, 0.25) is 0 Å². The summed E-state index contributed by atoms with van der Waals surface area (Å²) in [5, 5.41) is 1.81. The second kappa shape index (κ2) is 2.63. The van der Waals surface area contributed by atoms with E-state index in [4.69, 9.17) is 5.73 Å². The van der Waals surface area contributed by atoms with Gasteiger partial charge >= 0.3 is 0 Å². The fraction of sp³-hybridized carbons (Fsp3) is 0. The van der Waals surface area contributed by atoms with Crippen molar-refractivity contribution >= 4 is 29.5 Å². The van der Waals surface area contributed by atoms with E-state index in [0.717, 1.165) is 21.8 Å². The largest absolute Gasteiger partial charge is 0.364 e. The number of benzene rings is 1. The van der Waals surface area contributed by atoms with Crippen LogP contribution in [0.4, 0.5) is 5.69 Å². The first-order valence-corrected chi connectivity index (χ1v) is 4.53. The van der Waals surface area contributed by atoms with Crippen LogP contribution in [-0.2, 0) is 4.79 Å². The Morgan fingerprint density at radius 3 is 3.00 bits per heavy atom. The number of rotatable bonds is 1. The quantitative estimate of drug-likeness (QED) is 0.656. The second-order valence-electron chi connectivity index (χ2n) is 3.39. The first kappa shape index (κ1) is 8.11. The predicted octanol–water partition coefficient (Wildman–Crippen LogP) is -0.358. The molecule has 0 unspecified atom stereocenters. The van der Waals surface area contributed by atoms with Crippen LogP contribution in [0.1, 0.15) is 5.56 Å². The number of nitrogens with zero attached hydrogens (tertiary/aromatic N) is 2. The van der Waals surface area contributed by atoms with Crippen LogP contribution in [0.2, 0.25) is 0 Å². The summed E-state index contributed by atoms with van der Waals surface area (Å²) >= 11 is 0. The van der Waals surface area contributed by atoms with Crippen molar-refractivity contribution in [1.29, 1.82) is 0 Å². The van der Waals surface area contributed by atoms with Gasteiger partial charge in [-0.2, -0.15) is 0 Å². The summed E-state index contributed by atoms with van der Waals surface area (Å²) in [5.74, 6) is -0.501. The maximum Gasteiger partial charge on any atom is 0.267 e. The Morgan fingerprint density at radius 2 is 2.20 bits per heavy atom. The van der Waals surface area contributed by atoms with E-state index in [2.05, 4.69) is 9.98 Å². The van der Waals surface area contributed by atoms with Gasteiger partial charge in [0, 0.05) is 17.0 Å². The summed E-state index contributed by atoms with van der Waals surface area (Å²) in [4.78, 5) is 19.4. The van der Waals surface area contributed by atoms with Crippen LogP contribution in [0.3, 0.4) is 0 Å². The van der Waals surface area contributed by atoms with E-state index in [1.165, 1.54) is 0 Å². The van der Waals surface area contributed by atoms with Crippen molar-refractivity contribution < 1.29 is 4.79 Å². The second-order valence-corrected chi connectivity index (χ2v) is 3.39. The van der Waals surface area contributed by atoms with Crippen LogP contribution < -0.4 is 16.3 Å². The lowest BCUT2D eigenvalue weighted by Gasteiger charge is -1.95. The van der Waals surface area contributed by atoms with Crippen molar-refractivity contribution in [2.24, 2.45) is 15.7 Å². The summed E-state index contributed by atoms with van der Waals surface area (Å²) in [6, 6.07) is 3.80. The Balaban J connectivity index is 2.34. The van der Waals surface area contributed by atoms with Gasteiger partial charge in [0.25, 0.3) is 5.91 Å². The normalized spacial score (nSPS) is 15.1. The van der Waals surface area contributed by atoms with Gasteiger partial charge in [-0.25, -0.2) is 4.99 Å². The van der Waals surface area contributed by atoms with Gasteiger partial charge in [0.1, 0.15) is 5.71 Å². The lowest BCUT2D eigenvalue weighted by molar-refractivity contribution is -0.111. The molecule has 0 radical (unpaired) electrons. The Kier molecular flexibility index (Phi) is 1.42. The summed E-state index contributed by atoms with van der Waals surface area (Å²) in [6.45, 7) is 0. The van der Waals surface area contributed by atoms with Crippen LogP contribution in [0.15, 0.2) is 28.3 Å². The molecular weight excluding hydrogens is 190 g/mol. The topological polar surface area (TPSA) is 67.8 Å². The molecule has 1 amide bonds. The molecule has 2 heterocycles. The van der Waals surface area contributed by atoms with Crippen LogP contribution in [-0.4, -0.2) is 11.6 Å². The van der Waals surface area contributed by atoms with Gasteiger partial charge in [-0.05, 0) is 18.2 Å². The number of hydrogen-bond donors (Lipinski definition) is 1. The van der Waals surface area contributed by atoms with Gasteiger partial charge in [-0.15, -0.1) is 0 Å². The monoisotopic (exact) mass is 197 g/mol. The summed E-state index contributed by atoms with van der Waals surface area (Å²) in [5.41, 5.74) is 7.23. The lowest BCUT2D eigenvalue weighted by atomic mass is 10.1. The molecule has 0 spiro atoms. The molecule has 0 aromatic heterocycles. The number of fused-ring (bicyclic) bond motifs is 3. The molecule has 15 heavy (non-hydrogen) atoms. The SMILES string of the molecule is NC(=O)C1=Nc2c3c(ccc2=C1)=NC=C3. The number of hydrogen-bond acceptors (Lipinski definition) is 3. The van der Waals surface area contributed by atoms with Crippen LogP contribution in [0.25, 0.3) is 12.2 Å². The number of carbonyl (C=O) groups excluding carboxylic acids is 1. The highest BCUT2D eigenvalue weighted by Crippen LogP contribution is 2.18. The zero-order valence-corrected chi connectivity index (χ0v) is 7.77. The molecule has 0 bridgehead atoms. The summed E-state index contributed by atoms with van der Waals surface area (Å²) in [7, 11) is 0. The number of aliphatic imine (C=N–C) groups is 1. The number of primary amides is 1. The number of carbonyl (C=O) groups is 1. The smallest absolute Gasteiger partial charge is 0.267 e. The minimum Gasteiger partial charge on any atom is -0.364 e. The van der Waals surface area contributed by atoms with E-state index in [-0.39, 0.29) is 0 Å². The molecule has 2 aliphatic rings. The fourth-order valence-corrected chi connectivity index (χ4v) is 1.75. The van der Waals surface area contributed by atoms with Crippen molar-refractivity contribution in [3.05, 3.63) is 34.5 Å². The average molecular weight is 197 g/mol. The number of amides is 1.